The number of carbonyl (C=O) groups is 1. The van der Waals surface area contributed by atoms with Crippen molar-refractivity contribution in [2.24, 2.45) is 23.7 Å². The second-order valence-corrected chi connectivity index (χ2v) is 9.36. The molecule has 0 aromatic rings. The van der Waals surface area contributed by atoms with Crippen molar-refractivity contribution in [3.63, 3.8) is 0 Å². The average Bonchev–Trinajstić information content (AvgIpc) is 2.73. The Balaban J connectivity index is 1.45. The van der Waals surface area contributed by atoms with Gasteiger partial charge in [-0.05, 0) is 85.2 Å². The molecular formula is C25H26ClNO3. The first-order valence-electron chi connectivity index (χ1n) is 10.7. The molecule has 0 radical (unpaired) electrons. The summed E-state index contributed by atoms with van der Waals surface area (Å²) in [5.41, 5.74) is 3.55. The second kappa shape index (κ2) is 7.75. The van der Waals surface area contributed by atoms with Crippen LogP contribution in [0.2, 0.25) is 0 Å². The topological polar surface area (TPSA) is 49.8 Å². The monoisotopic (exact) mass is 423 g/mol. The number of hydrogen-bond acceptors (Lipinski definition) is 4. The summed E-state index contributed by atoms with van der Waals surface area (Å²) in [7, 11) is 1.70. The van der Waals surface area contributed by atoms with Crippen molar-refractivity contribution in [2.75, 3.05) is 7.11 Å². The van der Waals surface area contributed by atoms with Crippen LogP contribution in [0.3, 0.4) is 0 Å². The lowest BCUT2D eigenvalue weighted by molar-refractivity contribution is -0.111. The van der Waals surface area contributed by atoms with E-state index in [-0.39, 0.29) is 10.8 Å². The van der Waals surface area contributed by atoms with Gasteiger partial charge in [-0.15, -0.1) is 0 Å². The molecule has 0 spiro atoms. The number of hydroxylamine groups is 2. The van der Waals surface area contributed by atoms with Crippen LogP contribution in [-0.4, -0.2) is 23.2 Å². The zero-order chi connectivity index (χ0) is 20.8. The summed E-state index contributed by atoms with van der Waals surface area (Å²) in [6.07, 6.45) is 20.3. The Kier molecular flexibility index (Phi) is 5.08. The van der Waals surface area contributed by atoms with Crippen LogP contribution >= 0.6 is 11.6 Å². The third-order valence-corrected chi connectivity index (χ3v) is 7.53. The molecule has 0 unspecified atom stereocenters. The molecule has 30 heavy (non-hydrogen) atoms. The van der Waals surface area contributed by atoms with Crippen molar-refractivity contribution < 1.29 is 14.7 Å². The van der Waals surface area contributed by atoms with Crippen LogP contribution in [0.15, 0.2) is 81.9 Å². The highest BCUT2D eigenvalue weighted by atomic mass is 35.5. The van der Waals surface area contributed by atoms with Crippen molar-refractivity contribution >= 4 is 17.4 Å². The van der Waals surface area contributed by atoms with Crippen LogP contribution in [-0.2, 0) is 9.53 Å². The Labute approximate surface area is 182 Å². The van der Waals surface area contributed by atoms with Gasteiger partial charge in [0.2, 0.25) is 5.78 Å². The molecule has 4 saturated carbocycles. The number of rotatable bonds is 3. The van der Waals surface area contributed by atoms with E-state index in [0.717, 1.165) is 33.8 Å². The summed E-state index contributed by atoms with van der Waals surface area (Å²) >= 11 is 6.59. The fourth-order valence-corrected chi connectivity index (χ4v) is 6.31. The van der Waals surface area contributed by atoms with Gasteiger partial charge in [0.05, 0.1) is 12.1 Å². The molecule has 1 heterocycles. The van der Waals surface area contributed by atoms with Crippen LogP contribution in [0.4, 0.5) is 0 Å². The maximum Gasteiger partial charge on any atom is 0.205 e. The van der Waals surface area contributed by atoms with Gasteiger partial charge in [-0.2, -0.15) is 0 Å². The summed E-state index contributed by atoms with van der Waals surface area (Å²) in [6.45, 7) is 0. The van der Waals surface area contributed by atoms with Crippen molar-refractivity contribution in [3.8, 4) is 0 Å². The molecule has 5 aliphatic carbocycles. The van der Waals surface area contributed by atoms with Gasteiger partial charge in [0.15, 0.2) is 0 Å². The average molecular weight is 424 g/mol. The largest absolute Gasteiger partial charge is 0.496 e. The number of nitrogens with zero attached hydrogens (tertiary/aromatic N) is 1. The van der Waals surface area contributed by atoms with Gasteiger partial charge in [-0.3, -0.25) is 10.0 Å². The van der Waals surface area contributed by atoms with E-state index in [4.69, 9.17) is 16.3 Å². The zero-order valence-electron chi connectivity index (χ0n) is 17.1. The number of Topliss-reactive ketones (excluding diaryl/α,β-unsaturated/α-hetero) is 1. The third kappa shape index (κ3) is 3.42. The number of hydrogen-bond donors (Lipinski definition) is 1. The minimum absolute atomic E-state index is 0.183. The third-order valence-electron chi connectivity index (χ3n) is 7.15. The SMILES string of the molecule is COC(C1=C(Cl)C(=O)/C(=C\C=C2C=CN(O)C=C2)C=C1)=C1C2CC3CC(C2)CC1C3. The summed E-state index contributed by atoms with van der Waals surface area (Å²) in [5, 5.41) is 10.5. The summed E-state index contributed by atoms with van der Waals surface area (Å²) < 4.78 is 5.89. The molecule has 1 aliphatic heterocycles. The Morgan fingerprint density at radius 2 is 1.67 bits per heavy atom. The minimum atomic E-state index is -0.183. The first-order valence-corrected chi connectivity index (χ1v) is 11.1. The summed E-state index contributed by atoms with van der Waals surface area (Å²) in [5.74, 6) is 3.54. The fourth-order valence-electron chi connectivity index (χ4n) is 6.05. The lowest BCUT2D eigenvalue weighted by atomic mass is 9.54. The van der Waals surface area contributed by atoms with E-state index in [1.165, 1.54) is 50.1 Å². The van der Waals surface area contributed by atoms with Crippen molar-refractivity contribution in [3.05, 3.63) is 81.9 Å². The van der Waals surface area contributed by atoms with E-state index < -0.39 is 0 Å². The Bertz CT molecular complexity index is 946. The van der Waals surface area contributed by atoms with Crippen LogP contribution in [0, 0.1) is 23.7 Å². The van der Waals surface area contributed by atoms with Crippen LogP contribution in [0.5, 0.6) is 0 Å². The predicted molar refractivity (Wildman–Crippen MR) is 116 cm³/mol. The highest BCUT2D eigenvalue weighted by Crippen LogP contribution is 2.57. The van der Waals surface area contributed by atoms with E-state index in [0.29, 0.717) is 17.4 Å². The van der Waals surface area contributed by atoms with Gasteiger partial charge in [0, 0.05) is 23.5 Å². The van der Waals surface area contributed by atoms with Gasteiger partial charge in [0.1, 0.15) is 5.76 Å². The molecule has 156 valence electrons. The maximum absolute atomic E-state index is 13.0. The van der Waals surface area contributed by atoms with Crippen molar-refractivity contribution in [1.29, 1.82) is 0 Å². The molecular weight excluding hydrogens is 398 g/mol. The molecule has 0 saturated heterocycles. The lowest BCUT2D eigenvalue weighted by Crippen LogP contribution is -2.41. The van der Waals surface area contributed by atoms with E-state index in [1.807, 2.05) is 18.2 Å². The molecule has 0 atom stereocenters. The van der Waals surface area contributed by atoms with Crippen molar-refractivity contribution in [2.45, 2.75) is 32.1 Å². The van der Waals surface area contributed by atoms with Gasteiger partial charge in [-0.25, -0.2) is 5.06 Å². The Morgan fingerprint density at radius 1 is 1.03 bits per heavy atom. The molecule has 5 heteroatoms. The normalized spacial score (nSPS) is 33.2. The molecule has 0 aromatic heterocycles. The van der Waals surface area contributed by atoms with Crippen LogP contribution in [0.25, 0.3) is 0 Å². The number of ether oxygens (including phenoxy) is 1. The number of ketones is 1. The number of carbonyl (C=O) groups excluding carboxylic acids is 1. The van der Waals surface area contributed by atoms with Crippen molar-refractivity contribution in [1.82, 2.24) is 5.06 Å². The molecule has 4 fully saturated rings. The Morgan fingerprint density at radius 3 is 2.27 bits per heavy atom. The van der Waals surface area contributed by atoms with E-state index in [2.05, 4.69) is 0 Å². The molecule has 4 bridgehead atoms. The molecule has 1 N–H and O–H groups in total. The minimum Gasteiger partial charge on any atom is -0.496 e. The second-order valence-electron chi connectivity index (χ2n) is 8.98. The lowest BCUT2D eigenvalue weighted by Gasteiger charge is -2.51. The highest BCUT2D eigenvalue weighted by Gasteiger charge is 2.47. The van der Waals surface area contributed by atoms with Gasteiger partial charge < -0.3 is 4.74 Å². The first-order chi connectivity index (χ1) is 14.5. The van der Waals surface area contributed by atoms with E-state index in [1.54, 1.807) is 25.3 Å². The smallest absolute Gasteiger partial charge is 0.205 e. The fraction of sp³-hybridized carbons (Fsp3) is 0.400. The number of halogens is 1. The summed E-state index contributed by atoms with van der Waals surface area (Å²) in [6, 6.07) is 0. The summed E-state index contributed by atoms with van der Waals surface area (Å²) in [4.78, 5) is 13.0. The maximum atomic E-state index is 13.0. The molecule has 0 amide bonds. The standard InChI is InChI=1S/C25H26ClNO3/c1-30-25(22-19-11-16-10-17(13-19)14-20(22)12-16)21-5-4-18(24(28)23(21)26)3-2-15-6-8-27(29)9-7-15/h2-9,16-17,19-20,29H,10-14H2,1H3/b18-3-,25-22?. The quantitative estimate of drug-likeness (QED) is 0.477. The predicted octanol–water partition coefficient (Wildman–Crippen LogP) is 5.56. The van der Waals surface area contributed by atoms with Crippen LogP contribution in [0.1, 0.15) is 32.1 Å². The molecule has 4 nitrogen and oxygen atoms in total. The zero-order valence-corrected chi connectivity index (χ0v) is 17.8. The van der Waals surface area contributed by atoms with E-state index >= 15 is 0 Å². The molecule has 6 aliphatic rings. The van der Waals surface area contributed by atoms with Gasteiger partial charge in [0.25, 0.3) is 0 Å². The number of methoxy groups -OCH3 is 1. The Hall–Kier alpha value is -2.30. The number of allylic oxidation sites excluding steroid dienone is 10. The molecule has 6 rings (SSSR count). The van der Waals surface area contributed by atoms with Gasteiger partial charge >= 0.3 is 0 Å². The highest BCUT2D eigenvalue weighted by molar-refractivity contribution is 6.46. The molecule has 0 aromatic carbocycles. The van der Waals surface area contributed by atoms with E-state index in [9.17, 15) is 10.0 Å². The van der Waals surface area contributed by atoms with Crippen LogP contribution < -0.4 is 0 Å². The van der Waals surface area contributed by atoms with Gasteiger partial charge in [-0.1, -0.05) is 29.8 Å². The first kappa shape index (κ1) is 19.7.